The van der Waals surface area contributed by atoms with E-state index in [0.29, 0.717) is 19.4 Å². The van der Waals surface area contributed by atoms with Gasteiger partial charge in [-0.3, -0.25) is 9.59 Å². The Bertz CT molecular complexity index is 612. The van der Waals surface area contributed by atoms with Crippen LogP contribution in [0.5, 0.6) is 0 Å². The lowest BCUT2D eigenvalue weighted by Gasteiger charge is -2.15. The van der Waals surface area contributed by atoms with Crippen molar-refractivity contribution in [3.63, 3.8) is 0 Å². The number of allylic oxidation sites excluding steroid dienone is 1. The Morgan fingerprint density at radius 3 is 2.87 bits per heavy atom. The highest BCUT2D eigenvalue weighted by molar-refractivity contribution is 6.04. The van der Waals surface area contributed by atoms with E-state index in [-0.39, 0.29) is 23.9 Å². The van der Waals surface area contributed by atoms with Gasteiger partial charge in [-0.05, 0) is 51.0 Å². The second-order valence-electron chi connectivity index (χ2n) is 8.71. The summed E-state index contributed by atoms with van der Waals surface area (Å²) in [5.74, 6) is 0.196. The molecule has 0 aromatic carbocycles. The van der Waals surface area contributed by atoms with Crippen molar-refractivity contribution in [3.8, 4) is 0 Å². The average Bonchev–Trinajstić information content (AvgIpc) is 3.47. The molecule has 0 spiro atoms. The SMILES string of the molecule is CCCCCCC[C@@H](C/C=C/CCC(=O)NCCC[C@@]12O[C@@H]1CC=C(C)C2=O)OC. The lowest BCUT2D eigenvalue weighted by molar-refractivity contribution is -0.121. The first-order valence-corrected chi connectivity index (χ1v) is 11.9. The quantitative estimate of drug-likeness (QED) is 0.216. The van der Waals surface area contributed by atoms with E-state index in [4.69, 9.17) is 9.47 Å². The number of nitrogens with one attached hydrogen (secondary N) is 1. The smallest absolute Gasteiger partial charge is 0.220 e. The number of methoxy groups -OCH3 is 1. The molecule has 5 nitrogen and oxygen atoms in total. The van der Waals surface area contributed by atoms with E-state index in [2.05, 4.69) is 24.4 Å². The van der Waals surface area contributed by atoms with Crippen LogP contribution in [-0.2, 0) is 19.1 Å². The summed E-state index contributed by atoms with van der Waals surface area (Å²) in [6.07, 6.45) is 18.5. The summed E-state index contributed by atoms with van der Waals surface area (Å²) < 4.78 is 11.2. The fraction of sp³-hybridized carbons (Fsp3) is 0.760. The van der Waals surface area contributed by atoms with Gasteiger partial charge in [-0.2, -0.15) is 0 Å². The first-order valence-electron chi connectivity index (χ1n) is 11.9. The average molecular weight is 420 g/mol. The monoisotopic (exact) mass is 419 g/mol. The minimum absolute atomic E-state index is 0.0572. The van der Waals surface area contributed by atoms with Crippen molar-refractivity contribution in [2.45, 2.75) is 109 Å². The van der Waals surface area contributed by atoms with Crippen LogP contribution < -0.4 is 5.32 Å². The van der Waals surface area contributed by atoms with Gasteiger partial charge in [0, 0.05) is 20.1 Å². The van der Waals surface area contributed by atoms with Crippen LogP contribution in [0.4, 0.5) is 0 Å². The number of ketones is 1. The number of carbonyl (C=O) groups is 2. The minimum atomic E-state index is -0.583. The molecule has 3 atom stereocenters. The predicted octanol–water partition coefficient (Wildman–Crippen LogP) is 5.04. The number of hydrogen-bond donors (Lipinski definition) is 1. The summed E-state index contributed by atoms with van der Waals surface area (Å²) in [6.45, 7) is 4.69. The molecule has 170 valence electrons. The molecule has 1 aliphatic carbocycles. The second kappa shape index (κ2) is 13.1. The zero-order valence-electron chi connectivity index (χ0n) is 19.2. The van der Waals surface area contributed by atoms with Crippen LogP contribution in [0.15, 0.2) is 23.8 Å². The molecule has 1 N–H and O–H groups in total. The van der Waals surface area contributed by atoms with Gasteiger partial charge in [-0.25, -0.2) is 0 Å². The Labute approximate surface area is 182 Å². The molecule has 2 rings (SSSR count). The number of fused-ring (bicyclic) bond motifs is 1. The molecule has 0 saturated carbocycles. The highest BCUT2D eigenvalue weighted by atomic mass is 16.6. The van der Waals surface area contributed by atoms with E-state index in [1.807, 2.05) is 13.0 Å². The zero-order valence-corrected chi connectivity index (χ0v) is 19.2. The van der Waals surface area contributed by atoms with Gasteiger partial charge in [0.2, 0.25) is 5.91 Å². The lowest BCUT2D eigenvalue weighted by Crippen LogP contribution is -2.32. The van der Waals surface area contributed by atoms with Crippen LogP contribution in [0.1, 0.15) is 90.9 Å². The van der Waals surface area contributed by atoms with Crippen LogP contribution in [0.25, 0.3) is 0 Å². The highest BCUT2D eigenvalue weighted by Gasteiger charge is 2.62. The molecule has 0 aromatic heterocycles. The number of carbonyl (C=O) groups excluding carboxylic acids is 2. The third-order valence-corrected chi connectivity index (χ3v) is 6.31. The van der Waals surface area contributed by atoms with Crippen molar-refractivity contribution < 1.29 is 19.1 Å². The molecular formula is C25H41NO4. The predicted molar refractivity (Wildman–Crippen MR) is 120 cm³/mol. The van der Waals surface area contributed by atoms with Gasteiger partial charge >= 0.3 is 0 Å². The molecule has 2 aliphatic rings. The molecule has 0 aromatic rings. The van der Waals surface area contributed by atoms with E-state index in [0.717, 1.165) is 37.7 Å². The Morgan fingerprint density at radius 1 is 1.30 bits per heavy atom. The third-order valence-electron chi connectivity index (χ3n) is 6.31. The van der Waals surface area contributed by atoms with Crippen molar-refractivity contribution in [3.05, 3.63) is 23.8 Å². The van der Waals surface area contributed by atoms with Crippen LogP contribution in [0, 0.1) is 0 Å². The maximum atomic E-state index is 12.3. The van der Waals surface area contributed by atoms with Crippen LogP contribution in [-0.4, -0.2) is 43.2 Å². The normalized spacial score (nSPS) is 23.9. The van der Waals surface area contributed by atoms with E-state index >= 15 is 0 Å². The first kappa shape index (κ1) is 24.8. The van der Waals surface area contributed by atoms with Crippen molar-refractivity contribution in [1.82, 2.24) is 5.32 Å². The van der Waals surface area contributed by atoms with Gasteiger partial charge in [0.05, 0.1) is 12.2 Å². The third kappa shape index (κ3) is 7.66. The fourth-order valence-corrected chi connectivity index (χ4v) is 4.26. The molecule has 30 heavy (non-hydrogen) atoms. The summed E-state index contributed by atoms with van der Waals surface area (Å²) in [4.78, 5) is 24.3. The first-order chi connectivity index (χ1) is 14.5. The maximum Gasteiger partial charge on any atom is 0.220 e. The number of amides is 1. The Kier molecular flexibility index (Phi) is 10.8. The topological polar surface area (TPSA) is 67.9 Å². The Balaban J connectivity index is 1.50. The standard InChI is InChI=1S/C25H41NO4/c1-4-5-6-7-9-13-21(29-3)14-10-8-11-15-23(27)26-19-12-18-25-22(30-25)17-16-20(2)24(25)28/h8,10,16,21-22H,4-7,9,11-15,17-19H2,1-3H3,(H,26,27)/b10-8+/t21-,22+,25+/m0/s1. The molecule has 0 bridgehead atoms. The van der Waals surface area contributed by atoms with Crippen LogP contribution in [0.3, 0.4) is 0 Å². The molecule has 5 heteroatoms. The number of ether oxygens (including phenoxy) is 2. The van der Waals surface area contributed by atoms with E-state index in [1.165, 1.54) is 32.1 Å². The molecule has 1 aliphatic heterocycles. The summed E-state index contributed by atoms with van der Waals surface area (Å²) in [6, 6.07) is 0. The summed E-state index contributed by atoms with van der Waals surface area (Å²) in [5.41, 5.74) is 0.229. The number of rotatable bonds is 16. The molecule has 1 saturated heterocycles. The van der Waals surface area contributed by atoms with Crippen molar-refractivity contribution >= 4 is 11.7 Å². The van der Waals surface area contributed by atoms with Crippen LogP contribution in [0.2, 0.25) is 0 Å². The van der Waals surface area contributed by atoms with Gasteiger partial charge in [-0.1, -0.05) is 57.3 Å². The maximum absolute atomic E-state index is 12.3. The molecule has 1 amide bonds. The van der Waals surface area contributed by atoms with E-state index in [9.17, 15) is 9.59 Å². The minimum Gasteiger partial charge on any atom is -0.381 e. The molecule has 0 radical (unpaired) electrons. The van der Waals surface area contributed by atoms with Crippen molar-refractivity contribution in [2.24, 2.45) is 0 Å². The summed E-state index contributed by atoms with van der Waals surface area (Å²) >= 11 is 0. The molecule has 0 unspecified atom stereocenters. The number of epoxide rings is 1. The van der Waals surface area contributed by atoms with Crippen molar-refractivity contribution in [1.29, 1.82) is 0 Å². The van der Waals surface area contributed by atoms with E-state index in [1.54, 1.807) is 7.11 Å². The molecule has 1 fully saturated rings. The van der Waals surface area contributed by atoms with E-state index < -0.39 is 5.60 Å². The van der Waals surface area contributed by atoms with Gasteiger partial charge in [-0.15, -0.1) is 0 Å². The van der Waals surface area contributed by atoms with Gasteiger partial charge in [0.15, 0.2) is 11.4 Å². The molecule has 1 heterocycles. The van der Waals surface area contributed by atoms with Crippen LogP contribution >= 0.6 is 0 Å². The number of unbranched alkanes of at least 4 members (excludes halogenated alkanes) is 4. The fourth-order valence-electron chi connectivity index (χ4n) is 4.26. The lowest BCUT2D eigenvalue weighted by atomic mass is 9.85. The zero-order chi connectivity index (χ0) is 21.8. The Hall–Kier alpha value is -1.46. The largest absolute Gasteiger partial charge is 0.381 e. The number of Topliss-reactive ketones (excluding diaryl/α,β-unsaturated/α-hetero) is 1. The summed E-state index contributed by atoms with van der Waals surface area (Å²) in [5, 5.41) is 2.96. The summed E-state index contributed by atoms with van der Waals surface area (Å²) in [7, 11) is 1.78. The van der Waals surface area contributed by atoms with Gasteiger partial charge in [0.1, 0.15) is 0 Å². The molecular weight excluding hydrogens is 378 g/mol. The number of hydrogen-bond acceptors (Lipinski definition) is 4. The second-order valence-corrected chi connectivity index (χ2v) is 8.71. The van der Waals surface area contributed by atoms with Gasteiger partial charge < -0.3 is 14.8 Å². The van der Waals surface area contributed by atoms with Gasteiger partial charge in [0.25, 0.3) is 0 Å². The Morgan fingerprint density at radius 2 is 2.10 bits per heavy atom. The highest BCUT2D eigenvalue weighted by Crippen LogP contribution is 2.48. The van der Waals surface area contributed by atoms with Crippen molar-refractivity contribution in [2.75, 3.05) is 13.7 Å².